The van der Waals surface area contributed by atoms with Crippen molar-refractivity contribution in [1.29, 1.82) is 0 Å². The van der Waals surface area contributed by atoms with Crippen molar-refractivity contribution >= 4 is 45.9 Å². The van der Waals surface area contributed by atoms with Crippen molar-refractivity contribution in [2.45, 2.75) is 20.0 Å². The van der Waals surface area contributed by atoms with Crippen molar-refractivity contribution in [2.75, 3.05) is 6.54 Å². The second-order valence-corrected chi connectivity index (χ2v) is 5.37. The van der Waals surface area contributed by atoms with Crippen LogP contribution in [-0.4, -0.2) is 12.5 Å². The highest BCUT2D eigenvalue weighted by atomic mass is 127. The lowest BCUT2D eigenvalue weighted by atomic mass is 10.2. The summed E-state index contributed by atoms with van der Waals surface area (Å²) in [7, 11) is 0. The Hall–Kier alpha value is -1.09. The van der Waals surface area contributed by atoms with Crippen LogP contribution >= 0.6 is 39.9 Å². The quantitative estimate of drug-likeness (QED) is 0.384. The van der Waals surface area contributed by atoms with Crippen LogP contribution in [0.3, 0.4) is 0 Å². The van der Waals surface area contributed by atoms with E-state index in [0.29, 0.717) is 23.5 Å². The van der Waals surface area contributed by atoms with Crippen LogP contribution in [0.1, 0.15) is 18.1 Å². The molecule has 0 bridgehead atoms. The first-order valence-corrected chi connectivity index (χ1v) is 7.45. The van der Waals surface area contributed by atoms with Crippen molar-refractivity contribution in [3.05, 3.63) is 58.2 Å². The SMILES string of the molecule is CCNC(=NCc1cc(F)cc(Br)c1)NCc1ccoc1.I. The molecule has 0 fully saturated rings. The summed E-state index contributed by atoms with van der Waals surface area (Å²) >= 11 is 3.28. The number of furan rings is 1. The van der Waals surface area contributed by atoms with Gasteiger partial charge < -0.3 is 15.1 Å². The van der Waals surface area contributed by atoms with Gasteiger partial charge >= 0.3 is 0 Å². The predicted molar refractivity (Wildman–Crippen MR) is 99.9 cm³/mol. The fourth-order valence-electron chi connectivity index (χ4n) is 1.79. The molecular weight excluding hydrogens is 464 g/mol. The third-order valence-corrected chi connectivity index (χ3v) is 3.18. The molecule has 0 aliphatic carbocycles. The average Bonchev–Trinajstić information content (AvgIpc) is 2.94. The molecule has 7 heteroatoms. The first kappa shape index (κ1) is 19.0. The van der Waals surface area contributed by atoms with Crippen LogP contribution in [0.4, 0.5) is 4.39 Å². The summed E-state index contributed by atoms with van der Waals surface area (Å²) in [6.45, 7) is 3.77. The molecule has 22 heavy (non-hydrogen) atoms. The van der Waals surface area contributed by atoms with E-state index in [4.69, 9.17) is 4.42 Å². The van der Waals surface area contributed by atoms with Gasteiger partial charge in [0, 0.05) is 23.1 Å². The number of hydrogen-bond donors (Lipinski definition) is 2. The highest BCUT2D eigenvalue weighted by Crippen LogP contribution is 2.15. The molecule has 1 aromatic carbocycles. The van der Waals surface area contributed by atoms with Gasteiger partial charge in [0.05, 0.1) is 19.1 Å². The van der Waals surface area contributed by atoms with Gasteiger partial charge in [0.15, 0.2) is 5.96 Å². The second-order valence-electron chi connectivity index (χ2n) is 4.46. The van der Waals surface area contributed by atoms with E-state index in [1.807, 2.05) is 19.1 Å². The van der Waals surface area contributed by atoms with Gasteiger partial charge in [-0.3, -0.25) is 0 Å². The van der Waals surface area contributed by atoms with Gasteiger partial charge in [-0.05, 0) is 36.8 Å². The predicted octanol–water partition coefficient (Wildman–Crippen LogP) is 4.05. The Balaban J connectivity index is 0.00000242. The molecule has 0 atom stereocenters. The van der Waals surface area contributed by atoms with E-state index in [9.17, 15) is 4.39 Å². The first-order chi connectivity index (χ1) is 10.2. The van der Waals surface area contributed by atoms with Crippen LogP contribution in [-0.2, 0) is 13.1 Å². The minimum atomic E-state index is -0.272. The topological polar surface area (TPSA) is 49.6 Å². The summed E-state index contributed by atoms with van der Waals surface area (Å²) < 4.78 is 19.0. The Morgan fingerprint density at radius 3 is 2.73 bits per heavy atom. The van der Waals surface area contributed by atoms with Crippen LogP contribution in [0.2, 0.25) is 0 Å². The van der Waals surface area contributed by atoms with Crippen LogP contribution in [0.15, 0.2) is 50.7 Å². The third-order valence-electron chi connectivity index (χ3n) is 2.73. The maximum Gasteiger partial charge on any atom is 0.191 e. The fourth-order valence-corrected chi connectivity index (χ4v) is 2.31. The summed E-state index contributed by atoms with van der Waals surface area (Å²) in [6.07, 6.45) is 3.31. The van der Waals surface area contributed by atoms with Crippen molar-refractivity contribution in [3.63, 3.8) is 0 Å². The second kappa shape index (κ2) is 9.83. The molecule has 0 unspecified atom stereocenters. The fraction of sp³-hybridized carbons (Fsp3) is 0.267. The number of rotatable bonds is 5. The monoisotopic (exact) mass is 481 g/mol. The Morgan fingerprint density at radius 2 is 2.09 bits per heavy atom. The summed E-state index contributed by atoms with van der Waals surface area (Å²) in [5.74, 6) is 0.407. The smallest absolute Gasteiger partial charge is 0.191 e. The number of halogens is 3. The average molecular weight is 482 g/mol. The van der Waals surface area contributed by atoms with Gasteiger partial charge in [0.25, 0.3) is 0 Å². The molecule has 2 N–H and O–H groups in total. The number of hydrogen-bond acceptors (Lipinski definition) is 2. The number of aliphatic imine (C=N–C) groups is 1. The van der Waals surface area contributed by atoms with E-state index in [1.165, 1.54) is 12.1 Å². The molecule has 0 saturated heterocycles. The molecule has 4 nitrogen and oxygen atoms in total. The lowest BCUT2D eigenvalue weighted by molar-refractivity contribution is 0.563. The minimum absolute atomic E-state index is 0. The highest BCUT2D eigenvalue weighted by Gasteiger charge is 2.01. The summed E-state index contributed by atoms with van der Waals surface area (Å²) in [5.41, 5.74) is 1.84. The molecule has 0 aliphatic heterocycles. The Morgan fingerprint density at radius 1 is 1.27 bits per heavy atom. The van der Waals surface area contributed by atoms with E-state index >= 15 is 0 Å². The van der Waals surface area contributed by atoms with E-state index in [-0.39, 0.29) is 29.8 Å². The summed E-state index contributed by atoms with van der Waals surface area (Å²) in [4.78, 5) is 4.44. The van der Waals surface area contributed by atoms with E-state index in [0.717, 1.165) is 17.7 Å². The Labute approximate surface area is 154 Å². The zero-order valence-corrected chi connectivity index (χ0v) is 16.0. The van der Waals surface area contributed by atoms with Crippen LogP contribution < -0.4 is 10.6 Å². The lowest BCUT2D eigenvalue weighted by Crippen LogP contribution is -2.36. The molecule has 2 rings (SSSR count). The molecule has 0 aliphatic rings. The molecule has 0 radical (unpaired) electrons. The van der Waals surface area contributed by atoms with Crippen molar-refractivity contribution in [3.8, 4) is 0 Å². The molecule has 0 saturated carbocycles. The Kier molecular flexibility index (Phi) is 8.47. The normalized spacial score (nSPS) is 11.0. The largest absolute Gasteiger partial charge is 0.472 e. The van der Waals surface area contributed by atoms with Crippen LogP contribution in [0, 0.1) is 5.82 Å². The van der Waals surface area contributed by atoms with Crippen molar-refractivity contribution in [2.24, 2.45) is 4.99 Å². The number of nitrogens with zero attached hydrogens (tertiary/aromatic N) is 1. The van der Waals surface area contributed by atoms with Gasteiger partial charge in [-0.25, -0.2) is 9.38 Å². The van der Waals surface area contributed by atoms with Gasteiger partial charge in [0.1, 0.15) is 5.82 Å². The lowest BCUT2D eigenvalue weighted by Gasteiger charge is -2.10. The molecular formula is C15H18BrFIN3O. The van der Waals surface area contributed by atoms with Gasteiger partial charge in [-0.2, -0.15) is 0 Å². The van der Waals surface area contributed by atoms with E-state index in [2.05, 4.69) is 31.6 Å². The maximum atomic E-state index is 13.3. The van der Waals surface area contributed by atoms with E-state index < -0.39 is 0 Å². The number of benzene rings is 1. The van der Waals surface area contributed by atoms with Crippen LogP contribution in [0.25, 0.3) is 0 Å². The molecule has 1 aromatic heterocycles. The first-order valence-electron chi connectivity index (χ1n) is 6.65. The van der Waals surface area contributed by atoms with Crippen molar-refractivity contribution < 1.29 is 8.81 Å². The van der Waals surface area contributed by atoms with Gasteiger partial charge in [0.2, 0.25) is 0 Å². The summed E-state index contributed by atoms with van der Waals surface area (Å²) in [5, 5.41) is 6.34. The molecule has 1 heterocycles. The third kappa shape index (κ3) is 6.35. The minimum Gasteiger partial charge on any atom is -0.472 e. The van der Waals surface area contributed by atoms with Crippen LogP contribution in [0.5, 0.6) is 0 Å². The standard InChI is InChI=1S/C15H17BrFN3O.HI/c1-2-18-15(19-8-11-3-4-21-10-11)20-9-12-5-13(16)7-14(17)6-12;/h3-7,10H,2,8-9H2,1H3,(H2,18,19,20);1H. The zero-order chi connectivity index (χ0) is 15.1. The van der Waals surface area contributed by atoms with Gasteiger partial charge in [-0.15, -0.1) is 24.0 Å². The number of guanidine groups is 1. The summed E-state index contributed by atoms with van der Waals surface area (Å²) in [6, 6.07) is 6.65. The van der Waals surface area contributed by atoms with Gasteiger partial charge in [-0.1, -0.05) is 15.9 Å². The molecule has 0 spiro atoms. The maximum absolute atomic E-state index is 13.3. The zero-order valence-electron chi connectivity index (χ0n) is 12.1. The number of nitrogens with one attached hydrogen (secondary N) is 2. The molecule has 0 amide bonds. The van der Waals surface area contributed by atoms with Crippen molar-refractivity contribution in [1.82, 2.24) is 10.6 Å². The highest BCUT2D eigenvalue weighted by molar-refractivity contribution is 14.0. The molecule has 120 valence electrons. The Bertz CT molecular complexity index is 585. The molecule has 2 aromatic rings. The van der Waals surface area contributed by atoms with E-state index in [1.54, 1.807) is 12.5 Å².